The van der Waals surface area contributed by atoms with Crippen molar-refractivity contribution in [1.29, 1.82) is 10.5 Å². The standard InChI is InChI=1S/C52H26N4S2/c53-27-31-22-44(56-42-20-18-30-10-2-4-12-34(30)52(42)40-26-50-38(24-46(40)56)36-14-6-8-16-48(36)58-50)32(28-54)21-43(31)55-41-19-17-29-9-1-3-11-33(29)51(41)39-25-49-37(23-45(39)55)35-13-5-7-15-47(35)57-49/h1-26H. The summed E-state index contributed by atoms with van der Waals surface area (Å²) in [6, 6.07) is 61.1. The third-order valence-electron chi connectivity index (χ3n) is 12.1. The molecular formula is C52H26N4S2. The number of nitriles is 2. The molecule has 0 spiro atoms. The van der Waals surface area contributed by atoms with E-state index in [4.69, 9.17) is 0 Å². The fraction of sp³-hybridized carbons (Fsp3) is 0. The van der Waals surface area contributed by atoms with E-state index in [0.29, 0.717) is 22.5 Å². The van der Waals surface area contributed by atoms with Gasteiger partial charge in [-0.3, -0.25) is 0 Å². The Morgan fingerprint density at radius 1 is 0.345 bits per heavy atom. The minimum absolute atomic E-state index is 0.495. The van der Waals surface area contributed by atoms with Crippen LogP contribution in [-0.4, -0.2) is 9.13 Å². The van der Waals surface area contributed by atoms with Crippen molar-refractivity contribution in [1.82, 2.24) is 9.13 Å². The number of hydrogen-bond donors (Lipinski definition) is 0. The van der Waals surface area contributed by atoms with E-state index in [9.17, 15) is 10.5 Å². The summed E-state index contributed by atoms with van der Waals surface area (Å²) in [6.45, 7) is 0. The number of thiophene rings is 2. The van der Waals surface area contributed by atoms with Crippen molar-refractivity contribution in [2.24, 2.45) is 0 Å². The molecule has 0 aliphatic rings. The summed E-state index contributed by atoms with van der Waals surface area (Å²) < 4.78 is 9.36. The molecule has 0 radical (unpaired) electrons. The summed E-state index contributed by atoms with van der Waals surface area (Å²) in [7, 11) is 0. The van der Waals surface area contributed by atoms with Crippen molar-refractivity contribution >= 4 is 128 Å². The van der Waals surface area contributed by atoms with Gasteiger partial charge in [0.15, 0.2) is 0 Å². The van der Waals surface area contributed by atoms with Gasteiger partial charge in [-0.25, -0.2) is 0 Å². The van der Waals surface area contributed by atoms with Crippen LogP contribution in [0.4, 0.5) is 0 Å². The van der Waals surface area contributed by atoms with Crippen LogP contribution in [0, 0.1) is 22.7 Å². The first-order valence-corrected chi connectivity index (χ1v) is 20.8. The fourth-order valence-corrected chi connectivity index (χ4v) is 11.9. The molecule has 13 aromatic rings. The first-order valence-electron chi connectivity index (χ1n) is 19.2. The Bertz CT molecular complexity index is 3800. The Morgan fingerprint density at radius 3 is 1.21 bits per heavy atom. The summed E-state index contributed by atoms with van der Waals surface area (Å²) in [6.07, 6.45) is 0. The van der Waals surface area contributed by atoms with E-state index >= 15 is 0 Å². The van der Waals surface area contributed by atoms with Gasteiger partial charge in [-0.1, -0.05) is 97.1 Å². The second kappa shape index (κ2) is 11.5. The number of hydrogen-bond acceptors (Lipinski definition) is 4. The van der Waals surface area contributed by atoms with Gasteiger partial charge in [0.05, 0.1) is 44.6 Å². The first kappa shape index (κ1) is 31.7. The molecule has 0 aliphatic heterocycles. The maximum Gasteiger partial charge on any atom is 0.101 e. The number of aromatic nitrogens is 2. The van der Waals surface area contributed by atoms with Gasteiger partial charge < -0.3 is 9.13 Å². The van der Waals surface area contributed by atoms with Gasteiger partial charge in [-0.2, -0.15) is 10.5 Å². The monoisotopic (exact) mass is 770 g/mol. The maximum atomic E-state index is 11.1. The zero-order valence-electron chi connectivity index (χ0n) is 30.6. The molecule has 0 atom stereocenters. The Kier molecular flexibility index (Phi) is 6.30. The second-order valence-electron chi connectivity index (χ2n) is 15.1. The molecule has 4 heterocycles. The minimum atomic E-state index is 0.495. The molecule has 0 unspecified atom stereocenters. The van der Waals surface area contributed by atoms with Crippen molar-refractivity contribution in [2.45, 2.75) is 0 Å². The van der Waals surface area contributed by atoms with Gasteiger partial charge in [0.2, 0.25) is 0 Å². The molecule has 0 fully saturated rings. The summed E-state index contributed by atoms with van der Waals surface area (Å²) in [5.41, 5.74) is 6.38. The zero-order chi connectivity index (χ0) is 38.2. The summed E-state index contributed by atoms with van der Waals surface area (Å²) in [4.78, 5) is 0. The lowest BCUT2D eigenvalue weighted by atomic mass is 10.0. The average molecular weight is 771 g/mol. The Hall–Kier alpha value is -7.48. The third kappa shape index (κ3) is 4.15. The summed E-state index contributed by atoms with van der Waals surface area (Å²) >= 11 is 3.61. The van der Waals surface area contributed by atoms with Crippen LogP contribution >= 0.6 is 22.7 Å². The van der Waals surface area contributed by atoms with E-state index in [1.54, 1.807) is 22.7 Å². The molecule has 6 heteroatoms. The van der Waals surface area contributed by atoms with E-state index in [1.807, 2.05) is 12.1 Å². The quantitative estimate of drug-likeness (QED) is 0.176. The largest absolute Gasteiger partial charge is 0.308 e. The molecule has 9 aromatic carbocycles. The van der Waals surface area contributed by atoms with Crippen LogP contribution in [0.25, 0.3) is 117 Å². The molecule has 58 heavy (non-hydrogen) atoms. The van der Waals surface area contributed by atoms with Gasteiger partial charge in [0.25, 0.3) is 0 Å². The fourth-order valence-electron chi connectivity index (χ4n) is 9.65. The molecule has 266 valence electrons. The van der Waals surface area contributed by atoms with Crippen LogP contribution in [0.5, 0.6) is 0 Å². The van der Waals surface area contributed by atoms with Crippen LogP contribution < -0.4 is 0 Å². The van der Waals surface area contributed by atoms with Crippen molar-refractivity contribution in [3.8, 4) is 23.5 Å². The highest BCUT2D eigenvalue weighted by Gasteiger charge is 2.24. The molecule has 0 saturated carbocycles. The summed E-state index contributed by atoms with van der Waals surface area (Å²) in [5, 5.41) is 36.2. The SMILES string of the molecule is N#Cc1cc(-n2c3cc4c(cc3c3c5ccccc5ccc32)sc2ccccc24)c(C#N)cc1-n1c2cc3c(cc2c2c4ccccc4ccc21)sc1ccccc13. The molecule has 4 nitrogen and oxygen atoms in total. The molecule has 0 saturated heterocycles. The van der Waals surface area contributed by atoms with Crippen molar-refractivity contribution in [3.63, 3.8) is 0 Å². The molecule has 13 rings (SSSR count). The van der Waals surface area contributed by atoms with Crippen molar-refractivity contribution in [2.75, 3.05) is 0 Å². The second-order valence-corrected chi connectivity index (χ2v) is 17.2. The predicted octanol–water partition coefficient (Wildman–Crippen LogP) is 14.7. The molecule has 4 aromatic heterocycles. The van der Waals surface area contributed by atoms with Crippen molar-refractivity contribution < 1.29 is 0 Å². The number of fused-ring (bicyclic) bond motifs is 16. The highest BCUT2D eigenvalue weighted by molar-refractivity contribution is 7.26. The lowest BCUT2D eigenvalue weighted by Crippen LogP contribution is -2.04. The lowest BCUT2D eigenvalue weighted by molar-refractivity contribution is 1.13. The van der Waals surface area contributed by atoms with E-state index in [-0.39, 0.29) is 0 Å². The van der Waals surface area contributed by atoms with Crippen molar-refractivity contribution in [3.05, 3.63) is 169 Å². The molecule has 0 amide bonds. The third-order valence-corrected chi connectivity index (χ3v) is 14.4. The van der Waals surface area contributed by atoms with Gasteiger partial charge >= 0.3 is 0 Å². The molecular weight excluding hydrogens is 745 g/mol. The Labute approximate surface area is 338 Å². The van der Waals surface area contributed by atoms with Crippen LogP contribution in [0.2, 0.25) is 0 Å². The van der Waals surface area contributed by atoms with Crippen LogP contribution in [-0.2, 0) is 0 Å². The van der Waals surface area contributed by atoms with Crippen LogP contribution in [0.3, 0.4) is 0 Å². The average Bonchev–Trinajstić information content (AvgIpc) is 4.01. The normalized spacial score (nSPS) is 12.1. The lowest BCUT2D eigenvalue weighted by Gasteiger charge is -2.16. The van der Waals surface area contributed by atoms with E-state index in [0.717, 1.165) is 65.2 Å². The molecule has 0 aliphatic carbocycles. The van der Waals surface area contributed by atoms with E-state index in [2.05, 4.69) is 167 Å². The summed E-state index contributed by atoms with van der Waals surface area (Å²) in [5.74, 6) is 0. The first-order chi connectivity index (χ1) is 28.7. The van der Waals surface area contributed by atoms with E-state index < -0.39 is 0 Å². The smallest absolute Gasteiger partial charge is 0.101 e. The van der Waals surface area contributed by atoms with Crippen LogP contribution in [0.1, 0.15) is 11.1 Å². The highest BCUT2D eigenvalue weighted by Crippen LogP contribution is 2.46. The zero-order valence-corrected chi connectivity index (χ0v) is 32.2. The Morgan fingerprint density at radius 2 is 0.759 bits per heavy atom. The number of rotatable bonds is 2. The van der Waals surface area contributed by atoms with Gasteiger partial charge in [-0.05, 0) is 82.2 Å². The molecule has 0 N–H and O–H groups in total. The highest BCUT2D eigenvalue weighted by atomic mass is 32.1. The maximum absolute atomic E-state index is 11.1. The van der Waals surface area contributed by atoms with E-state index in [1.165, 1.54) is 40.3 Å². The predicted molar refractivity (Wildman–Crippen MR) is 245 cm³/mol. The minimum Gasteiger partial charge on any atom is -0.308 e. The van der Waals surface area contributed by atoms with Gasteiger partial charge in [0, 0.05) is 61.9 Å². The number of nitrogens with zero attached hydrogens (tertiary/aromatic N) is 4. The Balaban J connectivity index is 1.16. The topological polar surface area (TPSA) is 57.4 Å². The van der Waals surface area contributed by atoms with Gasteiger partial charge in [-0.15, -0.1) is 22.7 Å². The molecule has 0 bridgehead atoms. The van der Waals surface area contributed by atoms with Gasteiger partial charge in [0.1, 0.15) is 12.1 Å². The van der Waals surface area contributed by atoms with Crippen LogP contribution in [0.15, 0.2) is 158 Å². The number of benzene rings is 9.